The fraction of sp³-hybridized carbons (Fsp3) is 0.182. The quantitative estimate of drug-likeness (QED) is 0.855. The fourth-order valence-corrected chi connectivity index (χ4v) is 2.06. The van der Waals surface area contributed by atoms with Gasteiger partial charge in [0, 0.05) is 12.1 Å². The summed E-state index contributed by atoms with van der Waals surface area (Å²) in [7, 11) is 0. The minimum atomic E-state index is 0.575. The second-order valence-electron chi connectivity index (χ2n) is 3.35. The van der Waals surface area contributed by atoms with Crippen LogP contribution in [0, 0.1) is 11.3 Å². The predicted molar refractivity (Wildman–Crippen MR) is 67.1 cm³/mol. The van der Waals surface area contributed by atoms with Crippen molar-refractivity contribution >= 4 is 22.2 Å². The van der Waals surface area contributed by atoms with Crippen LogP contribution in [0.3, 0.4) is 0 Å². The van der Waals surface area contributed by atoms with Crippen molar-refractivity contribution in [3.05, 3.63) is 34.8 Å². The predicted octanol–water partition coefficient (Wildman–Crippen LogP) is 1.65. The molecule has 0 aliphatic heterocycles. The maximum atomic E-state index is 8.68. The van der Waals surface area contributed by atoms with E-state index in [1.165, 1.54) is 11.3 Å². The van der Waals surface area contributed by atoms with Gasteiger partial charge in [0.2, 0.25) is 5.13 Å². The summed E-state index contributed by atoms with van der Waals surface area (Å²) in [5.74, 6) is 0. The zero-order chi connectivity index (χ0) is 12.1. The average Bonchev–Trinajstić information content (AvgIpc) is 2.78. The summed E-state index contributed by atoms with van der Waals surface area (Å²) in [4.78, 5) is 0. The Bertz CT molecular complexity index is 526. The molecule has 86 valence electrons. The van der Waals surface area contributed by atoms with Crippen LogP contribution in [0.25, 0.3) is 0 Å². The van der Waals surface area contributed by atoms with Gasteiger partial charge in [0.05, 0.1) is 11.6 Å². The van der Waals surface area contributed by atoms with Gasteiger partial charge in [-0.25, -0.2) is 0 Å². The number of hydrogen-bond acceptors (Lipinski definition) is 6. The molecule has 0 atom stereocenters. The van der Waals surface area contributed by atoms with Crippen LogP contribution < -0.4 is 11.1 Å². The van der Waals surface area contributed by atoms with Gasteiger partial charge in [-0.3, -0.25) is 0 Å². The van der Waals surface area contributed by atoms with Crippen molar-refractivity contribution in [1.29, 1.82) is 5.26 Å². The van der Waals surface area contributed by atoms with Gasteiger partial charge >= 0.3 is 0 Å². The zero-order valence-corrected chi connectivity index (χ0v) is 9.87. The summed E-state index contributed by atoms with van der Waals surface area (Å²) in [6, 6.07) is 9.25. The van der Waals surface area contributed by atoms with E-state index >= 15 is 0 Å². The lowest BCUT2D eigenvalue weighted by Gasteiger charge is -2.00. The number of benzene rings is 1. The van der Waals surface area contributed by atoms with Gasteiger partial charge in [-0.15, -0.1) is 10.2 Å². The average molecular weight is 245 g/mol. The molecule has 2 aromatic rings. The Morgan fingerprint density at radius 2 is 2.06 bits per heavy atom. The molecular formula is C11H11N5S. The van der Waals surface area contributed by atoms with E-state index in [2.05, 4.69) is 21.6 Å². The third-order valence-electron chi connectivity index (χ3n) is 2.09. The molecule has 2 rings (SSSR count). The molecule has 1 heterocycles. The number of hydrogen-bond donors (Lipinski definition) is 2. The first-order valence-corrected chi connectivity index (χ1v) is 5.93. The van der Waals surface area contributed by atoms with Crippen LogP contribution in [-0.4, -0.2) is 16.7 Å². The second kappa shape index (κ2) is 5.39. The van der Waals surface area contributed by atoms with Crippen molar-refractivity contribution in [3.63, 3.8) is 0 Å². The monoisotopic (exact) mass is 245 g/mol. The lowest BCUT2D eigenvalue weighted by atomic mass is 10.2. The SMILES string of the molecule is N#Cc1ccc(Nc2nnc(CCN)s2)cc1. The summed E-state index contributed by atoms with van der Waals surface area (Å²) in [5.41, 5.74) is 6.97. The summed E-state index contributed by atoms with van der Waals surface area (Å²) in [6.07, 6.45) is 0.743. The summed E-state index contributed by atoms with van der Waals surface area (Å²) >= 11 is 1.48. The van der Waals surface area contributed by atoms with E-state index in [-0.39, 0.29) is 0 Å². The number of anilines is 2. The number of nitrogens with two attached hydrogens (primary N) is 1. The van der Waals surface area contributed by atoms with Crippen molar-refractivity contribution < 1.29 is 0 Å². The van der Waals surface area contributed by atoms with Gasteiger partial charge < -0.3 is 11.1 Å². The van der Waals surface area contributed by atoms with Crippen LogP contribution >= 0.6 is 11.3 Å². The molecule has 1 aromatic heterocycles. The van der Waals surface area contributed by atoms with Gasteiger partial charge in [-0.2, -0.15) is 5.26 Å². The van der Waals surface area contributed by atoms with E-state index in [9.17, 15) is 0 Å². The van der Waals surface area contributed by atoms with Crippen LogP contribution in [0.2, 0.25) is 0 Å². The van der Waals surface area contributed by atoms with Crippen LogP contribution in [0.4, 0.5) is 10.8 Å². The Hall–Kier alpha value is -1.97. The van der Waals surface area contributed by atoms with Gasteiger partial charge in [-0.05, 0) is 30.8 Å². The van der Waals surface area contributed by atoms with E-state index in [1.54, 1.807) is 12.1 Å². The first-order valence-electron chi connectivity index (χ1n) is 5.11. The maximum Gasteiger partial charge on any atom is 0.210 e. The highest BCUT2D eigenvalue weighted by Gasteiger charge is 2.03. The fourth-order valence-electron chi connectivity index (χ4n) is 1.28. The van der Waals surface area contributed by atoms with Gasteiger partial charge in [0.1, 0.15) is 5.01 Å². The molecule has 0 fully saturated rings. The van der Waals surface area contributed by atoms with Crippen molar-refractivity contribution in [2.24, 2.45) is 5.73 Å². The molecule has 1 aromatic carbocycles. The molecule has 3 N–H and O–H groups in total. The highest BCUT2D eigenvalue weighted by Crippen LogP contribution is 2.20. The molecule has 0 aliphatic carbocycles. The number of nitriles is 1. The zero-order valence-electron chi connectivity index (χ0n) is 9.05. The normalized spacial score (nSPS) is 9.88. The highest BCUT2D eigenvalue weighted by molar-refractivity contribution is 7.15. The van der Waals surface area contributed by atoms with Crippen LogP contribution in [-0.2, 0) is 6.42 Å². The van der Waals surface area contributed by atoms with Gasteiger partial charge in [-0.1, -0.05) is 11.3 Å². The summed E-state index contributed by atoms with van der Waals surface area (Å²) in [5, 5.41) is 21.5. The Balaban J connectivity index is 2.06. The Kier molecular flexibility index (Phi) is 3.65. The number of rotatable bonds is 4. The minimum absolute atomic E-state index is 0.575. The first kappa shape index (κ1) is 11.5. The van der Waals surface area contributed by atoms with Gasteiger partial charge in [0.25, 0.3) is 0 Å². The molecule has 0 saturated carbocycles. The van der Waals surface area contributed by atoms with Crippen molar-refractivity contribution in [2.45, 2.75) is 6.42 Å². The lowest BCUT2D eigenvalue weighted by molar-refractivity contribution is 0.913. The van der Waals surface area contributed by atoms with Crippen molar-refractivity contribution in [2.75, 3.05) is 11.9 Å². The smallest absolute Gasteiger partial charge is 0.210 e. The van der Waals surface area contributed by atoms with E-state index in [1.807, 2.05) is 12.1 Å². The topological polar surface area (TPSA) is 87.6 Å². The number of aromatic nitrogens is 2. The molecule has 0 amide bonds. The van der Waals surface area contributed by atoms with Crippen LogP contribution in [0.5, 0.6) is 0 Å². The lowest BCUT2D eigenvalue weighted by Crippen LogP contribution is -2.01. The molecule has 5 nitrogen and oxygen atoms in total. The van der Waals surface area contributed by atoms with Gasteiger partial charge in [0.15, 0.2) is 0 Å². The second-order valence-corrected chi connectivity index (χ2v) is 4.42. The number of nitrogens with one attached hydrogen (secondary N) is 1. The van der Waals surface area contributed by atoms with E-state index in [0.29, 0.717) is 12.1 Å². The molecule has 0 unspecified atom stereocenters. The molecular weight excluding hydrogens is 234 g/mol. The van der Waals surface area contributed by atoms with E-state index in [4.69, 9.17) is 11.0 Å². The first-order chi connectivity index (χ1) is 8.31. The van der Waals surface area contributed by atoms with Crippen LogP contribution in [0.15, 0.2) is 24.3 Å². The standard InChI is InChI=1S/C11H11N5S/c12-6-5-10-15-16-11(17-10)14-9-3-1-8(7-13)2-4-9/h1-4H,5-6,12H2,(H,14,16). The molecule has 0 spiro atoms. The molecule has 0 saturated heterocycles. The third kappa shape index (κ3) is 3.00. The van der Waals surface area contributed by atoms with Crippen molar-refractivity contribution in [3.8, 4) is 6.07 Å². The van der Waals surface area contributed by atoms with E-state index in [0.717, 1.165) is 22.2 Å². The molecule has 0 radical (unpaired) electrons. The maximum absolute atomic E-state index is 8.68. The molecule has 0 bridgehead atoms. The summed E-state index contributed by atoms with van der Waals surface area (Å²) < 4.78 is 0. The molecule has 0 aliphatic rings. The highest BCUT2D eigenvalue weighted by atomic mass is 32.1. The Morgan fingerprint density at radius 1 is 1.29 bits per heavy atom. The molecule has 17 heavy (non-hydrogen) atoms. The Labute approximate surface area is 103 Å². The van der Waals surface area contributed by atoms with E-state index < -0.39 is 0 Å². The largest absolute Gasteiger partial charge is 0.330 e. The molecule has 6 heteroatoms. The Morgan fingerprint density at radius 3 is 2.71 bits per heavy atom. The number of nitrogens with zero attached hydrogens (tertiary/aromatic N) is 3. The summed E-state index contributed by atoms with van der Waals surface area (Å²) in [6.45, 7) is 0.575. The van der Waals surface area contributed by atoms with Crippen molar-refractivity contribution in [1.82, 2.24) is 10.2 Å². The third-order valence-corrected chi connectivity index (χ3v) is 2.99. The van der Waals surface area contributed by atoms with Crippen LogP contribution in [0.1, 0.15) is 10.6 Å². The minimum Gasteiger partial charge on any atom is -0.330 e.